The number of aromatic amines is 1. The predicted octanol–water partition coefficient (Wildman–Crippen LogP) is 4.29. The minimum Gasteiger partial charge on any atom is -0.465 e. The van der Waals surface area contributed by atoms with E-state index in [1.54, 1.807) is 26.2 Å². The number of hydrogen-bond acceptors (Lipinski definition) is 7. The summed E-state index contributed by atoms with van der Waals surface area (Å²) in [5.41, 5.74) is 2.02. The monoisotopic (exact) mass is 430 g/mol. The highest BCUT2D eigenvalue weighted by Gasteiger charge is 2.28. The molecule has 0 aliphatic rings. The lowest BCUT2D eigenvalue weighted by Gasteiger charge is -2.14. The lowest BCUT2D eigenvalue weighted by Crippen LogP contribution is -2.17. The van der Waals surface area contributed by atoms with Crippen LogP contribution in [-0.4, -0.2) is 43.9 Å². The molecule has 0 spiro atoms. The fourth-order valence-electron chi connectivity index (χ4n) is 3.31. The fraction of sp³-hybridized carbons (Fsp3) is 0.429. The first-order valence-electron chi connectivity index (χ1n) is 9.70. The SMILES string of the molecule is COC(=O)c1c(C)[nH]c(C(=O)C(C)Sc2nnc(-c3ccco3)n2CC(C)C)c1C. The van der Waals surface area contributed by atoms with Crippen molar-refractivity contribution in [3.63, 3.8) is 0 Å². The van der Waals surface area contributed by atoms with Crippen LogP contribution >= 0.6 is 11.8 Å². The van der Waals surface area contributed by atoms with Gasteiger partial charge >= 0.3 is 5.97 Å². The van der Waals surface area contributed by atoms with Gasteiger partial charge in [0.15, 0.2) is 22.5 Å². The Bertz CT molecular complexity index is 1050. The summed E-state index contributed by atoms with van der Waals surface area (Å²) in [5, 5.41) is 8.80. The van der Waals surface area contributed by atoms with Gasteiger partial charge in [0.1, 0.15) is 0 Å². The molecule has 160 valence electrons. The molecule has 30 heavy (non-hydrogen) atoms. The highest BCUT2D eigenvalue weighted by molar-refractivity contribution is 8.00. The molecule has 0 saturated carbocycles. The van der Waals surface area contributed by atoms with Gasteiger partial charge in [-0.3, -0.25) is 9.36 Å². The average Bonchev–Trinajstić information content (AvgIpc) is 3.41. The van der Waals surface area contributed by atoms with E-state index in [4.69, 9.17) is 9.15 Å². The molecule has 3 aromatic rings. The van der Waals surface area contributed by atoms with Crippen LogP contribution in [0.5, 0.6) is 0 Å². The van der Waals surface area contributed by atoms with Crippen molar-refractivity contribution in [2.24, 2.45) is 5.92 Å². The van der Waals surface area contributed by atoms with Crippen molar-refractivity contribution in [3.8, 4) is 11.6 Å². The third-order valence-electron chi connectivity index (χ3n) is 4.73. The summed E-state index contributed by atoms with van der Waals surface area (Å²) >= 11 is 1.33. The number of aryl methyl sites for hydroxylation is 1. The van der Waals surface area contributed by atoms with E-state index in [1.165, 1.54) is 18.9 Å². The number of carbonyl (C=O) groups excluding carboxylic acids is 2. The molecule has 1 unspecified atom stereocenters. The minimum absolute atomic E-state index is 0.116. The van der Waals surface area contributed by atoms with Crippen LogP contribution in [0.15, 0.2) is 28.0 Å². The van der Waals surface area contributed by atoms with Crippen molar-refractivity contribution in [3.05, 3.63) is 40.9 Å². The van der Waals surface area contributed by atoms with Gasteiger partial charge in [0.25, 0.3) is 0 Å². The Labute approximate surface area is 179 Å². The number of H-pyrrole nitrogens is 1. The molecule has 0 aliphatic heterocycles. The highest BCUT2D eigenvalue weighted by Crippen LogP contribution is 2.30. The first-order valence-corrected chi connectivity index (χ1v) is 10.6. The van der Waals surface area contributed by atoms with Crippen LogP contribution in [0.3, 0.4) is 0 Å². The van der Waals surface area contributed by atoms with Gasteiger partial charge in [-0.2, -0.15) is 0 Å². The Hall–Kier alpha value is -2.81. The maximum Gasteiger partial charge on any atom is 0.339 e. The smallest absolute Gasteiger partial charge is 0.339 e. The van der Waals surface area contributed by atoms with Gasteiger partial charge in [-0.25, -0.2) is 4.79 Å². The summed E-state index contributed by atoms with van der Waals surface area (Å²) in [5.74, 6) is 1.05. The van der Waals surface area contributed by atoms with Crippen LogP contribution in [-0.2, 0) is 11.3 Å². The van der Waals surface area contributed by atoms with E-state index in [0.717, 1.165) is 0 Å². The summed E-state index contributed by atoms with van der Waals surface area (Å²) < 4.78 is 12.3. The molecule has 0 aliphatic carbocycles. The molecule has 0 fully saturated rings. The summed E-state index contributed by atoms with van der Waals surface area (Å²) in [7, 11) is 1.33. The molecule has 0 aromatic carbocycles. The third kappa shape index (κ3) is 4.21. The van der Waals surface area contributed by atoms with E-state index in [9.17, 15) is 9.59 Å². The molecule has 3 aromatic heterocycles. The molecular weight excluding hydrogens is 404 g/mol. The van der Waals surface area contributed by atoms with Gasteiger partial charge in [0.05, 0.1) is 29.9 Å². The second-order valence-electron chi connectivity index (χ2n) is 7.53. The van der Waals surface area contributed by atoms with Crippen LogP contribution < -0.4 is 0 Å². The fourth-order valence-corrected chi connectivity index (χ4v) is 4.23. The predicted molar refractivity (Wildman–Crippen MR) is 114 cm³/mol. The third-order valence-corrected chi connectivity index (χ3v) is 5.81. The van der Waals surface area contributed by atoms with Crippen molar-refractivity contribution in [1.29, 1.82) is 0 Å². The maximum absolute atomic E-state index is 13.1. The Morgan fingerprint density at radius 2 is 2.00 bits per heavy atom. The largest absolute Gasteiger partial charge is 0.465 e. The average molecular weight is 431 g/mol. The number of carbonyl (C=O) groups is 2. The highest BCUT2D eigenvalue weighted by atomic mass is 32.2. The second kappa shape index (κ2) is 8.91. The van der Waals surface area contributed by atoms with Gasteiger partial charge in [0, 0.05) is 12.2 Å². The first kappa shape index (κ1) is 21.9. The van der Waals surface area contributed by atoms with Crippen LogP contribution in [0, 0.1) is 19.8 Å². The molecule has 3 heterocycles. The Morgan fingerprint density at radius 1 is 1.27 bits per heavy atom. The van der Waals surface area contributed by atoms with Crippen molar-refractivity contribution in [2.75, 3.05) is 7.11 Å². The number of aromatic nitrogens is 4. The molecule has 8 nitrogen and oxygen atoms in total. The Kier molecular flexibility index (Phi) is 6.50. The van der Waals surface area contributed by atoms with Crippen LogP contribution in [0.2, 0.25) is 0 Å². The number of esters is 1. The minimum atomic E-state index is -0.458. The van der Waals surface area contributed by atoms with E-state index in [1.807, 2.05) is 17.6 Å². The van der Waals surface area contributed by atoms with E-state index in [-0.39, 0.29) is 5.78 Å². The number of ketones is 1. The molecule has 0 radical (unpaired) electrons. The Morgan fingerprint density at radius 3 is 2.60 bits per heavy atom. The van der Waals surface area contributed by atoms with Gasteiger partial charge < -0.3 is 14.1 Å². The van der Waals surface area contributed by atoms with E-state index in [0.29, 0.717) is 51.7 Å². The number of furan rings is 1. The van der Waals surface area contributed by atoms with E-state index in [2.05, 4.69) is 29.0 Å². The normalized spacial score (nSPS) is 12.4. The topological polar surface area (TPSA) is 103 Å². The molecule has 1 N–H and O–H groups in total. The lowest BCUT2D eigenvalue weighted by molar-refractivity contribution is 0.0599. The molecule has 0 bridgehead atoms. The number of nitrogens with one attached hydrogen (secondary N) is 1. The standard InChI is InChI=1S/C21H26N4O4S/c1-11(2)10-25-19(15-8-7-9-29-15)23-24-21(25)30-14(5)18(26)17-12(3)16(13(4)22-17)20(27)28-6/h7-9,11,14,22H,10H2,1-6H3. The molecule has 9 heteroatoms. The quantitative estimate of drug-likeness (QED) is 0.323. The zero-order chi connectivity index (χ0) is 22.0. The number of ether oxygens (including phenoxy) is 1. The van der Waals surface area contributed by atoms with Crippen LogP contribution in [0.1, 0.15) is 52.9 Å². The van der Waals surface area contributed by atoms with Gasteiger partial charge in [-0.1, -0.05) is 25.6 Å². The van der Waals surface area contributed by atoms with Gasteiger partial charge in [-0.15, -0.1) is 10.2 Å². The van der Waals surface area contributed by atoms with Crippen LogP contribution in [0.4, 0.5) is 0 Å². The van der Waals surface area contributed by atoms with E-state index < -0.39 is 11.2 Å². The van der Waals surface area contributed by atoms with Crippen molar-refractivity contribution in [2.45, 2.75) is 51.6 Å². The number of methoxy groups -OCH3 is 1. The molecule has 0 saturated heterocycles. The summed E-state index contributed by atoms with van der Waals surface area (Å²) in [6, 6.07) is 3.64. The molecule has 1 atom stereocenters. The first-order chi connectivity index (χ1) is 14.2. The number of nitrogens with zero attached hydrogens (tertiary/aromatic N) is 3. The molecule has 0 amide bonds. The van der Waals surface area contributed by atoms with E-state index >= 15 is 0 Å². The summed E-state index contributed by atoms with van der Waals surface area (Å²) in [6.07, 6.45) is 1.60. The second-order valence-corrected chi connectivity index (χ2v) is 8.84. The number of hydrogen-bond donors (Lipinski definition) is 1. The van der Waals surface area contributed by atoms with Crippen molar-refractivity contribution >= 4 is 23.5 Å². The number of Topliss-reactive ketones (excluding diaryl/α,β-unsaturated/α-hetero) is 1. The summed E-state index contributed by atoms with van der Waals surface area (Å²) in [6.45, 7) is 10.2. The lowest BCUT2D eigenvalue weighted by atomic mass is 10.1. The summed E-state index contributed by atoms with van der Waals surface area (Å²) in [4.78, 5) is 28.2. The van der Waals surface area contributed by atoms with Crippen molar-refractivity contribution in [1.82, 2.24) is 19.7 Å². The zero-order valence-electron chi connectivity index (χ0n) is 18.0. The zero-order valence-corrected chi connectivity index (χ0v) is 18.8. The number of thioether (sulfide) groups is 1. The van der Waals surface area contributed by atoms with Gasteiger partial charge in [0.2, 0.25) is 0 Å². The van der Waals surface area contributed by atoms with Gasteiger partial charge in [-0.05, 0) is 44.4 Å². The molecule has 3 rings (SSSR count). The number of rotatable bonds is 8. The Balaban J connectivity index is 1.88. The van der Waals surface area contributed by atoms with Crippen molar-refractivity contribution < 1.29 is 18.7 Å². The molecular formula is C21H26N4O4S. The maximum atomic E-state index is 13.1. The van der Waals surface area contributed by atoms with Crippen LogP contribution in [0.25, 0.3) is 11.6 Å².